The maximum absolute atomic E-state index is 13.3. The summed E-state index contributed by atoms with van der Waals surface area (Å²) in [6.45, 7) is 3.74. The predicted molar refractivity (Wildman–Crippen MR) is 71.2 cm³/mol. The van der Waals surface area contributed by atoms with E-state index in [4.69, 9.17) is 22.2 Å². The fourth-order valence-corrected chi connectivity index (χ4v) is 2.41. The maximum Gasteiger partial charge on any atom is 0.319 e. The van der Waals surface area contributed by atoms with Crippen molar-refractivity contribution in [2.75, 3.05) is 12.0 Å². The van der Waals surface area contributed by atoms with Crippen molar-refractivity contribution in [1.29, 1.82) is 0 Å². The van der Waals surface area contributed by atoms with Gasteiger partial charge in [-0.2, -0.15) is 0 Å². The van der Waals surface area contributed by atoms with Gasteiger partial charge in [0, 0.05) is 4.90 Å². The Labute approximate surface area is 114 Å². The fraction of sp³-hybridized carbons (Fsp3) is 0.364. The molecule has 0 aliphatic heterocycles. The van der Waals surface area contributed by atoms with Crippen LogP contribution in [-0.4, -0.2) is 17.8 Å². The summed E-state index contributed by atoms with van der Waals surface area (Å²) in [5.41, 5.74) is 2.35. The number of carbonyl (C=O) groups is 1. The Morgan fingerprint density at radius 2 is 2.33 bits per heavy atom. The Morgan fingerprint density at radius 3 is 2.89 bits per heavy atom. The minimum absolute atomic E-state index is 0.123. The van der Waals surface area contributed by atoms with Crippen molar-refractivity contribution in [3.05, 3.63) is 23.0 Å². The van der Waals surface area contributed by atoms with Gasteiger partial charge in [0.15, 0.2) is 0 Å². The second kappa shape index (κ2) is 6.82. The van der Waals surface area contributed by atoms with Crippen molar-refractivity contribution in [2.24, 2.45) is 5.84 Å². The van der Waals surface area contributed by atoms with Crippen LogP contribution >= 0.6 is 23.4 Å². The third-order valence-corrected chi connectivity index (χ3v) is 3.66. The molecule has 0 spiro atoms. The Kier molecular flexibility index (Phi) is 5.71. The van der Waals surface area contributed by atoms with E-state index in [0.29, 0.717) is 11.5 Å². The van der Waals surface area contributed by atoms with Gasteiger partial charge in [0.25, 0.3) is 0 Å². The lowest BCUT2D eigenvalue weighted by Crippen LogP contribution is -2.16. The van der Waals surface area contributed by atoms with E-state index in [0.717, 1.165) is 6.07 Å². The largest absolute Gasteiger partial charge is 0.465 e. The zero-order chi connectivity index (χ0) is 13.7. The average molecular weight is 293 g/mol. The third-order valence-electron chi connectivity index (χ3n) is 2.10. The SMILES string of the molecule is CCOC(=O)C(C)Sc1cc(NN)c(F)cc1Cl. The molecule has 0 fully saturated rings. The van der Waals surface area contributed by atoms with Gasteiger partial charge in [-0.05, 0) is 26.0 Å². The Morgan fingerprint density at radius 1 is 1.67 bits per heavy atom. The van der Waals surface area contributed by atoms with E-state index in [1.54, 1.807) is 13.8 Å². The molecule has 1 aromatic carbocycles. The van der Waals surface area contributed by atoms with Crippen LogP contribution in [0.2, 0.25) is 5.02 Å². The van der Waals surface area contributed by atoms with Crippen molar-refractivity contribution in [3.63, 3.8) is 0 Å². The summed E-state index contributed by atoms with van der Waals surface area (Å²) >= 11 is 7.09. The molecular weight excluding hydrogens is 279 g/mol. The van der Waals surface area contributed by atoms with Crippen molar-refractivity contribution >= 4 is 35.0 Å². The number of anilines is 1. The van der Waals surface area contributed by atoms with Crippen LogP contribution in [0, 0.1) is 5.82 Å². The molecule has 18 heavy (non-hydrogen) atoms. The first-order valence-electron chi connectivity index (χ1n) is 5.28. The van der Waals surface area contributed by atoms with Gasteiger partial charge in [-0.1, -0.05) is 11.6 Å². The highest BCUT2D eigenvalue weighted by Gasteiger charge is 2.18. The summed E-state index contributed by atoms with van der Waals surface area (Å²) in [4.78, 5) is 12.0. The number of nitrogen functional groups attached to an aromatic ring is 1. The first-order valence-corrected chi connectivity index (χ1v) is 6.54. The lowest BCUT2D eigenvalue weighted by Gasteiger charge is -2.12. The fourth-order valence-electron chi connectivity index (χ4n) is 1.23. The van der Waals surface area contributed by atoms with Crippen molar-refractivity contribution < 1.29 is 13.9 Å². The Bertz CT molecular complexity index is 445. The summed E-state index contributed by atoms with van der Waals surface area (Å²) in [6.07, 6.45) is 0. The summed E-state index contributed by atoms with van der Waals surface area (Å²) in [5.74, 6) is 4.29. The van der Waals surface area contributed by atoms with Gasteiger partial charge in [-0.25, -0.2) is 4.39 Å². The minimum Gasteiger partial charge on any atom is -0.465 e. The number of hydrazine groups is 1. The van der Waals surface area contributed by atoms with Crippen LogP contribution < -0.4 is 11.3 Å². The second-order valence-electron chi connectivity index (χ2n) is 3.42. The van der Waals surface area contributed by atoms with E-state index in [1.165, 1.54) is 17.8 Å². The molecule has 0 aliphatic rings. The molecule has 1 unspecified atom stereocenters. The van der Waals surface area contributed by atoms with Gasteiger partial charge in [-0.15, -0.1) is 11.8 Å². The summed E-state index contributed by atoms with van der Waals surface area (Å²) in [7, 11) is 0. The number of thioether (sulfide) groups is 1. The highest BCUT2D eigenvalue weighted by molar-refractivity contribution is 8.00. The zero-order valence-corrected chi connectivity index (χ0v) is 11.6. The number of nitrogens with one attached hydrogen (secondary N) is 1. The first kappa shape index (κ1) is 15.1. The van der Waals surface area contributed by atoms with E-state index in [9.17, 15) is 9.18 Å². The van der Waals surface area contributed by atoms with Crippen LogP contribution in [0.15, 0.2) is 17.0 Å². The normalized spacial score (nSPS) is 12.1. The molecule has 1 aromatic rings. The van der Waals surface area contributed by atoms with Crippen LogP contribution in [0.5, 0.6) is 0 Å². The van der Waals surface area contributed by atoms with Crippen LogP contribution in [0.25, 0.3) is 0 Å². The average Bonchev–Trinajstić information content (AvgIpc) is 2.32. The quantitative estimate of drug-likeness (QED) is 0.378. The summed E-state index contributed by atoms with van der Waals surface area (Å²) < 4.78 is 18.2. The van der Waals surface area contributed by atoms with Gasteiger partial charge in [0.05, 0.1) is 17.3 Å². The van der Waals surface area contributed by atoms with E-state index < -0.39 is 11.1 Å². The number of nitrogens with two attached hydrogens (primary N) is 1. The van der Waals surface area contributed by atoms with Crippen LogP contribution in [0.4, 0.5) is 10.1 Å². The molecule has 0 heterocycles. The van der Waals surface area contributed by atoms with E-state index in [1.807, 2.05) is 0 Å². The Balaban J connectivity index is 2.87. The van der Waals surface area contributed by atoms with Crippen molar-refractivity contribution in [1.82, 2.24) is 0 Å². The summed E-state index contributed by atoms with van der Waals surface area (Å²) in [5, 5.41) is -0.203. The molecule has 0 aliphatic carbocycles. The molecule has 7 heteroatoms. The molecule has 1 atom stereocenters. The van der Waals surface area contributed by atoms with Gasteiger partial charge >= 0.3 is 5.97 Å². The molecule has 3 N–H and O–H groups in total. The zero-order valence-electron chi connectivity index (χ0n) is 10.00. The number of esters is 1. The lowest BCUT2D eigenvalue weighted by molar-refractivity contribution is -0.142. The van der Waals surface area contributed by atoms with Gasteiger partial charge in [-0.3, -0.25) is 10.6 Å². The van der Waals surface area contributed by atoms with Gasteiger partial charge in [0.2, 0.25) is 0 Å². The molecule has 100 valence electrons. The highest BCUT2D eigenvalue weighted by Crippen LogP contribution is 2.34. The monoisotopic (exact) mass is 292 g/mol. The van der Waals surface area contributed by atoms with Gasteiger partial charge < -0.3 is 10.2 Å². The number of benzene rings is 1. The molecule has 0 bridgehead atoms. The maximum atomic E-state index is 13.3. The number of carbonyl (C=O) groups excluding carboxylic acids is 1. The second-order valence-corrected chi connectivity index (χ2v) is 5.21. The Hall–Kier alpha value is -0.980. The molecule has 0 saturated carbocycles. The topological polar surface area (TPSA) is 64.3 Å². The number of ether oxygens (including phenoxy) is 1. The van der Waals surface area contributed by atoms with Crippen LogP contribution in [0.1, 0.15) is 13.8 Å². The molecule has 1 rings (SSSR count). The molecular formula is C11H14ClFN2O2S. The summed E-state index contributed by atoms with van der Waals surface area (Å²) in [6, 6.07) is 2.61. The number of rotatable bonds is 5. The third kappa shape index (κ3) is 3.76. The molecule has 4 nitrogen and oxygen atoms in total. The van der Waals surface area contributed by atoms with Gasteiger partial charge in [0.1, 0.15) is 11.1 Å². The first-order chi connectivity index (χ1) is 8.49. The number of halogens is 2. The van der Waals surface area contributed by atoms with Crippen molar-refractivity contribution in [3.8, 4) is 0 Å². The van der Waals surface area contributed by atoms with E-state index in [-0.39, 0.29) is 16.7 Å². The van der Waals surface area contributed by atoms with E-state index in [2.05, 4.69) is 5.43 Å². The molecule has 0 aromatic heterocycles. The van der Waals surface area contributed by atoms with Crippen LogP contribution in [-0.2, 0) is 9.53 Å². The predicted octanol–water partition coefficient (Wildman–Crippen LogP) is 2.81. The lowest BCUT2D eigenvalue weighted by atomic mass is 10.3. The van der Waals surface area contributed by atoms with Crippen LogP contribution in [0.3, 0.4) is 0 Å². The highest BCUT2D eigenvalue weighted by atomic mass is 35.5. The molecule has 0 saturated heterocycles. The standard InChI is InChI=1S/C11H14ClFN2O2S/c1-3-17-11(16)6(2)18-10-5-9(15-14)8(13)4-7(10)12/h4-6,15H,3,14H2,1-2H3. The number of hydrogen-bond donors (Lipinski definition) is 2. The minimum atomic E-state index is -0.546. The van der Waals surface area contributed by atoms with E-state index >= 15 is 0 Å². The molecule has 0 radical (unpaired) electrons. The smallest absolute Gasteiger partial charge is 0.319 e. The van der Waals surface area contributed by atoms with Crippen molar-refractivity contribution in [2.45, 2.75) is 24.0 Å². The number of hydrogen-bond acceptors (Lipinski definition) is 5. The molecule has 0 amide bonds.